The van der Waals surface area contributed by atoms with Crippen LogP contribution in [0.25, 0.3) is 12.2 Å². The van der Waals surface area contributed by atoms with Crippen LogP contribution in [0.2, 0.25) is 0 Å². The van der Waals surface area contributed by atoms with Crippen LogP contribution in [0.4, 0.5) is 0 Å². The molecule has 0 saturated heterocycles. The van der Waals surface area contributed by atoms with E-state index in [0.717, 1.165) is 12.8 Å². The van der Waals surface area contributed by atoms with Crippen LogP contribution < -0.4 is 0 Å². The SMILES string of the molecule is C1=C[C@@H](Cc2ccccc2C[C@@H]2C=Cc3ccccc32)c2ccccc21. The highest BCUT2D eigenvalue weighted by Gasteiger charge is 2.21. The van der Waals surface area contributed by atoms with Crippen LogP contribution in [-0.4, -0.2) is 0 Å². The van der Waals surface area contributed by atoms with E-state index in [-0.39, 0.29) is 0 Å². The van der Waals surface area contributed by atoms with Crippen molar-refractivity contribution in [2.75, 3.05) is 0 Å². The zero-order valence-electron chi connectivity index (χ0n) is 14.8. The van der Waals surface area contributed by atoms with Gasteiger partial charge in [-0.1, -0.05) is 97.1 Å². The summed E-state index contributed by atoms with van der Waals surface area (Å²) in [6.45, 7) is 0. The molecule has 5 rings (SSSR count). The lowest BCUT2D eigenvalue weighted by Gasteiger charge is -2.17. The van der Waals surface area contributed by atoms with E-state index in [1.54, 1.807) is 0 Å². The van der Waals surface area contributed by atoms with Crippen molar-refractivity contribution in [3.63, 3.8) is 0 Å². The van der Waals surface area contributed by atoms with Crippen molar-refractivity contribution in [3.05, 3.63) is 118 Å². The van der Waals surface area contributed by atoms with Crippen molar-refractivity contribution in [2.45, 2.75) is 24.7 Å². The van der Waals surface area contributed by atoms with Gasteiger partial charge in [-0.2, -0.15) is 0 Å². The normalized spacial score (nSPS) is 19.5. The molecule has 2 atom stereocenters. The van der Waals surface area contributed by atoms with Gasteiger partial charge in [-0.3, -0.25) is 0 Å². The molecule has 2 aliphatic carbocycles. The van der Waals surface area contributed by atoms with Crippen LogP contribution in [0.5, 0.6) is 0 Å². The van der Waals surface area contributed by atoms with Crippen LogP contribution in [0, 0.1) is 0 Å². The first-order valence-electron chi connectivity index (χ1n) is 9.49. The van der Waals surface area contributed by atoms with Crippen molar-refractivity contribution in [2.24, 2.45) is 0 Å². The maximum atomic E-state index is 2.37. The van der Waals surface area contributed by atoms with E-state index < -0.39 is 0 Å². The number of benzene rings is 3. The van der Waals surface area contributed by atoms with E-state index >= 15 is 0 Å². The minimum atomic E-state index is 0.499. The van der Waals surface area contributed by atoms with Crippen molar-refractivity contribution in [1.82, 2.24) is 0 Å². The van der Waals surface area contributed by atoms with Crippen molar-refractivity contribution >= 4 is 12.2 Å². The molecule has 0 unspecified atom stereocenters. The van der Waals surface area contributed by atoms with Gasteiger partial charge in [0.15, 0.2) is 0 Å². The van der Waals surface area contributed by atoms with E-state index in [0.29, 0.717) is 11.8 Å². The summed E-state index contributed by atoms with van der Waals surface area (Å²) in [5, 5.41) is 0. The molecule has 0 bridgehead atoms. The standard InChI is InChI=1S/C26H22/c1-2-10-22(18-24-16-14-20-8-4-6-12-26(20)24)21(9-1)17-23-15-13-19-7-3-5-11-25(19)23/h1-16,23-24H,17-18H2/t23-,24-/m0/s1. The second kappa shape index (κ2) is 6.46. The molecule has 0 heterocycles. The average molecular weight is 334 g/mol. The smallest absolute Gasteiger partial charge is 0.00677 e. The number of rotatable bonds is 4. The molecule has 2 aliphatic rings. The Hall–Kier alpha value is -2.86. The summed E-state index contributed by atoms with van der Waals surface area (Å²) in [5.74, 6) is 0.998. The number of fused-ring (bicyclic) bond motifs is 2. The van der Waals surface area contributed by atoms with Crippen molar-refractivity contribution in [3.8, 4) is 0 Å². The highest BCUT2D eigenvalue weighted by Crippen LogP contribution is 2.36. The summed E-state index contributed by atoms with van der Waals surface area (Å²) < 4.78 is 0. The first kappa shape index (κ1) is 15.4. The van der Waals surface area contributed by atoms with Gasteiger partial charge < -0.3 is 0 Å². The van der Waals surface area contributed by atoms with Crippen molar-refractivity contribution in [1.29, 1.82) is 0 Å². The van der Waals surface area contributed by atoms with E-state index in [1.165, 1.54) is 33.4 Å². The third-order valence-corrected chi connectivity index (χ3v) is 5.81. The summed E-state index contributed by atoms with van der Waals surface area (Å²) >= 11 is 0. The Balaban J connectivity index is 1.41. The second-order valence-electron chi connectivity index (χ2n) is 7.37. The molecule has 3 aromatic carbocycles. The molecule has 126 valence electrons. The molecular weight excluding hydrogens is 312 g/mol. The number of hydrogen-bond donors (Lipinski definition) is 0. The summed E-state index contributed by atoms with van der Waals surface area (Å²) in [5.41, 5.74) is 8.65. The minimum Gasteiger partial charge on any atom is -0.0760 e. The molecule has 0 amide bonds. The van der Waals surface area contributed by atoms with Gasteiger partial charge >= 0.3 is 0 Å². The van der Waals surface area contributed by atoms with Gasteiger partial charge in [-0.15, -0.1) is 0 Å². The van der Waals surface area contributed by atoms with Gasteiger partial charge in [0.2, 0.25) is 0 Å². The highest BCUT2D eigenvalue weighted by atomic mass is 14.2. The highest BCUT2D eigenvalue weighted by molar-refractivity contribution is 5.64. The van der Waals surface area contributed by atoms with Gasteiger partial charge in [-0.05, 0) is 46.2 Å². The molecule has 26 heavy (non-hydrogen) atoms. The Morgan fingerprint density at radius 1 is 0.500 bits per heavy atom. The summed E-state index contributed by atoms with van der Waals surface area (Å²) in [4.78, 5) is 0. The van der Waals surface area contributed by atoms with E-state index in [1.807, 2.05) is 0 Å². The van der Waals surface area contributed by atoms with Crippen LogP contribution in [-0.2, 0) is 12.8 Å². The fraction of sp³-hybridized carbons (Fsp3) is 0.154. The first-order valence-corrected chi connectivity index (χ1v) is 9.49. The predicted octanol–water partition coefficient (Wildman–Crippen LogP) is 6.39. The summed E-state index contributed by atoms with van der Waals surface area (Å²) in [7, 11) is 0. The fourth-order valence-electron chi connectivity index (χ4n) is 4.43. The second-order valence-corrected chi connectivity index (χ2v) is 7.37. The largest absolute Gasteiger partial charge is 0.0760 e. The van der Waals surface area contributed by atoms with Gasteiger partial charge in [0.25, 0.3) is 0 Å². The molecule has 0 radical (unpaired) electrons. The molecule has 0 aromatic heterocycles. The lowest BCUT2D eigenvalue weighted by molar-refractivity contribution is 0.799. The van der Waals surface area contributed by atoms with Crippen molar-refractivity contribution < 1.29 is 0 Å². The van der Waals surface area contributed by atoms with Crippen LogP contribution in [0.3, 0.4) is 0 Å². The predicted molar refractivity (Wildman–Crippen MR) is 110 cm³/mol. The maximum absolute atomic E-state index is 2.37. The Labute approximate surface area is 155 Å². The van der Waals surface area contributed by atoms with Gasteiger partial charge in [-0.25, -0.2) is 0 Å². The summed E-state index contributed by atoms with van der Waals surface area (Å²) in [6.07, 6.45) is 11.5. The quantitative estimate of drug-likeness (QED) is 0.518. The zero-order chi connectivity index (χ0) is 17.3. The molecular formula is C26H22. The monoisotopic (exact) mass is 334 g/mol. The Morgan fingerprint density at radius 3 is 1.42 bits per heavy atom. The summed E-state index contributed by atoms with van der Waals surface area (Å²) in [6, 6.07) is 26.6. The molecule has 0 saturated carbocycles. The minimum absolute atomic E-state index is 0.499. The molecule has 0 spiro atoms. The van der Waals surface area contributed by atoms with E-state index in [2.05, 4.69) is 97.1 Å². The van der Waals surface area contributed by atoms with Gasteiger partial charge in [0.1, 0.15) is 0 Å². The van der Waals surface area contributed by atoms with Gasteiger partial charge in [0.05, 0.1) is 0 Å². The lowest BCUT2D eigenvalue weighted by atomic mass is 9.87. The Morgan fingerprint density at radius 2 is 0.923 bits per heavy atom. The van der Waals surface area contributed by atoms with Crippen LogP contribution >= 0.6 is 0 Å². The molecule has 3 aromatic rings. The Bertz CT molecular complexity index is 923. The molecule has 0 nitrogen and oxygen atoms in total. The van der Waals surface area contributed by atoms with Gasteiger partial charge in [0, 0.05) is 11.8 Å². The molecule has 0 fully saturated rings. The van der Waals surface area contributed by atoms with E-state index in [4.69, 9.17) is 0 Å². The van der Waals surface area contributed by atoms with E-state index in [9.17, 15) is 0 Å². The number of allylic oxidation sites excluding steroid dienone is 2. The Kier molecular flexibility index (Phi) is 3.83. The average Bonchev–Trinajstić information content (AvgIpc) is 3.28. The topological polar surface area (TPSA) is 0 Å². The maximum Gasteiger partial charge on any atom is 0.00677 e. The third-order valence-electron chi connectivity index (χ3n) is 5.81. The van der Waals surface area contributed by atoms with Crippen LogP contribution in [0.1, 0.15) is 45.2 Å². The molecule has 0 aliphatic heterocycles. The zero-order valence-corrected chi connectivity index (χ0v) is 14.8. The fourth-order valence-corrected chi connectivity index (χ4v) is 4.43. The van der Waals surface area contributed by atoms with Crippen LogP contribution in [0.15, 0.2) is 84.9 Å². The molecule has 0 heteroatoms. The first-order chi connectivity index (χ1) is 12.9. The lowest BCUT2D eigenvalue weighted by Crippen LogP contribution is -2.05. The third kappa shape index (κ3) is 2.72. The number of hydrogen-bond acceptors (Lipinski definition) is 0. The molecule has 0 N–H and O–H groups in total.